The minimum absolute atomic E-state index is 0.412. The maximum absolute atomic E-state index is 11.9. The topological polar surface area (TPSA) is 63.2 Å². The first-order chi connectivity index (χ1) is 12.6. The zero-order valence-corrected chi connectivity index (χ0v) is 16.4. The lowest BCUT2D eigenvalue weighted by molar-refractivity contribution is 0.0597. The van der Waals surface area contributed by atoms with Crippen LogP contribution in [-0.4, -0.2) is 51.7 Å². The lowest BCUT2D eigenvalue weighted by Gasteiger charge is -2.22. The summed E-state index contributed by atoms with van der Waals surface area (Å²) < 4.78 is 10.0. The molecule has 2 aromatic rings. The number of hydrogen-bond donors (Lipinski definition) is 1. The van der Waals surface area contributed by atoms with Crippen molar-refractivity contribution in [2.24, 2.45) is 4.99 Å². The molecular weight excluding hydrogens is 350 g/mol. The number of guanidine groups is 1. The Labute approximate surface area is 158 Å². The molecule has 1 N–H and O–H groups in total. The minimum atomic E-state index is -0.416. The van der Waals surface area contributed by atoms with Crippen molar-refractivity contribution in [3.05, 3.63) is 51.7 Å². The van der Waals surface area contributed by atoms with E-state index in [0.717, 1.165) is 24.5 Å². The zero-order chi connectivity index (χ0) is 18.9. The summed E-state index contributed by atoms with van der Waals surface area (Å²) >= 11 is 1.76. The van der Waals surface area contributed by atoms with Crippen molar-refractivity contribution >= 4 is 23.3 Å². The molecule has 0 amide bonds. The van der Waals surface area contributed by atoms with Gasteiger partial charge < -0.3 is 19.7 Å². The Morgan fingerprint density at radius 1 is 1.31 bits per heavy atom. The van der Waals surface area contributed by atoms with Crippen molar-refractivity contribution in [1.82, 2.24) is 10.2 Å². The highest BCUT2D eigenvalue weighted by molar-refractivity contribution is 7.09. The summed E-state index contributed by atoms with van der Waals surface area (Å²) in [4.78, 5) is 19.7. The number of hydrogen-bond acceptors (Lipinski definition) is 5. The van der Waals surface area contributed by atoms with Crippen molar-refractivity contribution < 1.29 is 14.3 Å². The fourth-order valence-electron chi connectivity index (χ4n) is 2.54. The molecule has 0 radical (unpaired) electrons. The largest absolute Gasteiger partial charge is 0.496 e. The third kappa shape index (κ3) is 5.23. The molecule has 1 heterocycles. The van der Waals surface area contributed by atoms with Gasteiger partial charge in [-0.15, -0.1) is 11.3 Å². The standard InChI is InChI=1S/C19H25N3O3S/c1-20-19(22(2)10-9-15-6-5-11-26-15)21-13-14-7-8-17(24-3)16(12-14)18(23)25-4/h5-8,11-12H,9-10,13H2,1-4H3,(H,20,21). The molecule has 2 rings (SSSR count). The van der Waals surface area contributed by atoms with Crippen molar-refractivity contribution in [2.75, 3.05) is 34.9 Å². The average Bonchev–Trinajstić information content (AvgIpc) is 3.19. The highest BCUT2D eigenvalue weighted by Gasteiger charge is 2.14. The average molecular weight is 375 g/mol. The molecule has 0 spiro atoms. The molecule has 0 saturated carbocycles. The van der Waals surface area contributed by atoms with E-state index < -0.39 is 5.97 Å². The second kappa shape index (κ2) is 9.82. The SMILES string of the molecule is CN=C(NCc1ccc(OC)c(C(=O)OC)c1)N(C)CCc1cccs1. The van der Waals surface area contributed by atoms with Gasteiger partial charge in [-0.25, -0.2) is 4.79 Å². The van der Waals surface area contributed by atoms with Gasteiger partial charge in [0.25, 0.3) is 0 Å². The van der Waals surface area contributed by atoms with E-state index in [0.29, 0.717) is 17.9 Å². The number of aliphatic imine (C=N–C) groups is 1. The van der Waals surface area contributed by atoms with Gasteiger partial charge in [0.15, 0.2) is 5.96 Å². The zero-order valence-electron chi connectivity index (χ0n) is 15.6. The Morgan fingerprint density at radius 2 is 2.12 bits per heavy atom. The Balaban J connectivity index is 1.98. The number of carbonyl (C=O) groups excluding carboxylic acids is 1. The van der Waals surface area contributed by atoms with E-state index >= 15 is 0 Å². The third-order valence-electron chi connectivity index (χ3n) is 3.97. The van der Waals surface area contributed by atoms with Gasteiger partial charge in [-0.2, -0.15) is 0 Å². The third-order valence-corrected chi connectivity index (χ3v) is 4.90. The summed E-state index contributed by atoms with van der Waals surface area (Å²) in [5, 5.41) is 5.41. The van der Waals surface area contributed by atoms with Gasteiger partial charge in [0.2, 0.25) is 0 Å². The van der Waals surface area contributed by atoms with Crippen LogP contribution in [0.15, 0.2) is 40.7 Å². The number of ether oxygens (including phenoxy) is 2. The number of benzene rings is 1. The summed E-state index contributed by atoms with van der Waals surface area (Å²) in [5.41, 5.74) is 1.36. The molecular formula is C19H25N3O3S. The molecule has 0 atom stereocenters. The molecule has 0 saturated heterocycles. The van der Waals surface area contributed by atoms with E-state index in [-0.39, 0.29) is 0 Å². The van der Waals surface area contributed by atoms with E-state index in [1.807, 2.05) is 13.1 Å². The molecule has 0 unspecified atom stereocenters. The maximum atomic E-state index is 11.9. The molecule has 0 bridgehead atoms. The maximum Gasteiger partial charge on any atom is 0.341 e. The molecule has 0 fully saturated rings. The van der Waals surface area contributed by atoms with Gasteiger partial charge >= 0.3 is 5.97 Å². The van der Waals surface area contributed by atoms with Gasteiger partial charge in [0.1, 0.15) is 11.3 Å². The summed E-state index contributed by atoms with van der Waals surface area (Å²) in [6.07, 6.45) is 0.976. The predicted octanol–water partition coefficient (Wildman–Crippen LogP) is 2.79. The Morgan fingerprint density at radius 3 is 2.73 bits per heavy atom. The number of methoxy groups -OCH3 is 2. The summed E-state index contributed by atoms with van der Waals surface area (Å²) in [5.74, 6) is 0.885. The van der Waals surface area contributed by atoms with Crippen LogP contribution in [0, 0.1) is 0 Å². The van der Waals surface area contributed by atoms with Gasteiger partial charge in [-0.05, 0) is 35.6 Å². The number of rotatable bonds is 7. The molecule has 1 aromatic carbocycles. The number of likely N-dealkylation sites (N-methyl/N-ethyl adjacent to an activating group) is 1. The van der Waals surface area contributed by atoms with Gasteiger partial charge in [0, 0.05) is 32.1 Å². The van der Waals surface area contributed by atoms with Crippen LogP contribution in [0.3, 0.4) is 0 Å². The van der Waals surface area contributed by atoms with Crippen LogP contribution < -0.4 is 10.1 Å². The number of nitrogens with one attached hydrogen (secondary N) is 1. The van der Waals surface area contributed by atoms with Crippen molar-refractivity contribution in [3.8, 4) is 5.75 Å². The quantitative estimate of drug-likeness (QED) is 0.458. The second-order valence-electron chi connectivity index (χ2n) is 5.68. The van der Waals surface area contributed by atoms with Crippen LogP contribution in [0.5, 0.6) is 5.75 Å². The molecule has 26 heavy (non-hydrogen) atoms. The van der Waals surface area contributed by atoms with E-state index in [9.17, 15) is 4.79 Å². The highest BCUT2D eigenvalue weighted by atomic mass is 32.1. The van der Waals surface area contributed by atoms with Crippen molar-refractivity contribution in [1.29, 1.82) is 0 Å². The molecule has 0 aliphatic heterocycles. The van der Waals surface area contributed by atoms with Crippen LogP contribution in [0.4, 0.5) is 0 Å². The van der Waals surface area contributed by atoms with Crippen LogP contribution in [-0.2, 0) is 17.7 Å². The van der Waals surface area contributed by atoms with Gasteiger partial charge in [0.05, 0.1) is 14.2 Å². The van der Waals surface area contributed by atoms with Gasteiger partial charge in [-0.3, -0.25) is 4.99 Å². The first-order valence-corrected chi connectivity index (χ1v) is 9.16. The van der Waals surface area contributed by atoms with Crippen LogP contribution >= 0.6 is 11.3 Å². The monoisotopic (exact) mass is 375 g/mol. The second-order valence-corrected chi connectivity index (χ2v) is 6.71. The number of thiophene rings is 1. The van der Waals surface area contributed by atoms with Crippen molar-refractivity contribution in [3.63, 3.8) is 0 Å². The summed E-state index contributed by atoms with van der Waals surface area (Å²) in [7, 11) is 6.66. The Kier molecular flexibility index (Phi) is 7.47. The van der Waals surface area contributed by atoms with Gasteiger partial charge in [-0.1, -0.05) is 12.1 Å². The molecule has 140 valence electrons. The molecule has 6 nitrogen and oxygen atoms in total. The summed E-state index contributed by atoms with van der Waals surface area (Å²) in [6, 6.07) is 9.66. The summed E-state index contributed by atoms with van der Waals surface area (Å²) in [6.45, 7) is 1.42. The first kappa shape index (κ1) is 19.8. The van der Waals surface area contributed by atoms with Crippen LogP contribution in [0.2, 0.25) is 0 Å². The van der Waals surface area contributed by atoms with E-state index in [1.54, 1.807) is 30.5 Å². The van der Waals surface area contributed by atoms with E-state index in [1.165, 1.54) is 19.1 Å². The Hall–Kier alpha value is -2.54. The highest BCUT2D eigenvalue weighted by Crippen LogP contribution is 2.20. The van der Waals surface area contributed by atoms with Crippen LogP contribution in [0.1, 0.15) is 20.8 Å². The Bertz CT molecular complexity index is 744. The normalized spacial score (nSPS) is 11.2. The molecule has 7 heteroatoms. The van der Waals surface area contributed by atoms with Crippen molar-refractivity contribution in [2.45, 2.75) is 13.0 Å². The lowest BCUT2D eigenvalue weighted by atomic mass is 10.1. The molecule has 0 aliphatic carbocycles. The van der Waals surface area contributed by atoms with E-state index in [4.69, 9.17) is 9.47 Å². The smallest absolute Gasteiger partial charge is 0.341 e. The lowest BCUT2D eigenvalue weighted by Crippen LogP contribution is -2.39. The van der Waals surface area contributed by atoms with E-state index in [2.05, 4.69) is 32.7 Å². The number of esters is 1. The van der Waals surface area contributed by atoms with Crippen LogP contribution in [0.25, 0.3) is 0 Å². The minimum Gasteiger partial charge on any atom is -0.496 e. The fraction of sp³-hybridized carbons (Fsp3) is 0.368. The first-order valence-electron chi connectivity index (χ1n) is 8.28. The number of nitrogens with zero attached hydrogens (tertiary/aromatic N) is 2. The predicted molar refractivity (Wildman–Crippen MR) is 105 cm³/mol. The fourth-order valence-corrected chi connectivity index (χ4v) is 3.24. The number of carbonyl (C=O) groups is 1. The molecule has 1 aromatic heterocycles. The molecule has 0 aliphatic rings.